The van der Waals surface area contributed by atoms with E-state index in [1.54, 1.807) is 23.5 Å². The zero-order valence-corrected chi connectivity index (χ0v) is 15.9. The van der Waals surface area contributed by atoms with E-state index in [4.69, 9.17) is 4.42 Å². The molecule has 0 bridgehead atoms. The second-order valence-corrected chi connectivity index (χ2v) is 8.26. The third kappa shape index (κ3) is 3.20. The number of aryl methyl sites for hydroxylation is 1. The summed E-state index contributed by atoms with van der Waals surface area (Å²) < 4.78 is 5.11. The molecule has 4 rings (SSSR count). The van der Waals surface area contributed by atoms with Gasteiger partial charge in [-0.25, -0.2) is 0 Å². The summed E-state index contributed by atoms with van der Waals surface area (Å²) in [5.74, 6) is -0.0176. The smallest absolute Gasteiger partial charge is 0.291 e. The highest BCUT2D eigenvalue weighted by Crippen LogP contribution is 2.37. The number of carbonyl (C=O) groups is 2. The molecule has 2 amide bonds. The van der Waals surface area contributed by atoms with Gasteiger partial charge in [0, 0.05) is 11.4 Å². The summed E-state index contributed by atoms with van der Waals surface area (Å²) in [6.07, 6.45) is 3.47. The van der Waals surface area contributed by atoms with Crippen LogP contribution in [0.15, 0.2) is 46.4 Å². The van der Waals surface area contributed by atoms with E-state index in [2.05, 4.69) is 16.8 Å². The number of nitrogens with zero attached hydrogens (tertiary/aromatic N) is 1. The maximum absolute atomic E-state index is 13.1. The molecule has 1 aliphatic rings. The summed E-state index contributed by atoms with van der Waals surface area (Å²) >= 11 is 3.01. The number of carbonyl (C=O) groups excluding carboxylic acids is 2. The highest BCUT2D eigenvalue weighted by Gasteiger charge is 2.32. The zero-order valence-electron chi connectivity index (χ0n) is 14.2. The van der Waals surface area contributed by atoms with Gasteiger partial charge < -0.3 is 14.6 Å². The van der Waals surface area contributed by atoms with Crippen molar-refractivity contribution >= 4 is 39.5 Å². The molecule has 0 spiro atoms. The molecule has 0 aromatic carbocycles. The normalized spacial score (nSPS) is 16.8. The molecular formula is C19H18N2O3S2. The number of rotatable bonds is 4. The van der Waals surface area contributed by atoms with E-state index >= 15 is 0 Å². The van der Waals surface area contributed by atoms with Crippen molar-refractivity contribution in [3.63, 3.8) is 0 Å². The predicted octanol–water partition coefficient (Wildman–Crippen LogP) is 4.94. The molecule has 1 N–H and O–H groups in total. The Hall–Kier alpha value is -2.38. The quantitative estimate of drug-likeness (QED) is 0.691. The molecule has 1 fully saturated rings. The topological polar surface area (TPSA) is 62.6 Å². The second-order valence-electron chi connectivity index (χ2n) is 6.23. The monoisotopic (exact) mass is 386 g/mol. The highest BCUT2D eigenvalue weighted by atomic mass is 32.1. The number of hydrogen-bond acceptors (Lipinski definition) is 5. The van der Waals surface area contributed by atoms with E-state index in [0.29, 0.717) is 9.88 Å². The Bertz CT molecular complexity index is 913. The lowest BCUT2D eigenvalue weighted by Crippen LogP contribution is -2.29. The molecular weight excluding hydrogens is 368 g/mol. The third-order valence-corrected chi connectivity index (χ3v) is 6.59. The van der Waals surface area contributed by atoms with Crippen molar-refractivity contribution in [2.24, 2.45) is 0 Å². The average molecular weight is 386 g/mol. The van der Waals surface area contributed by atoms with Crippen molar-refractivity contribution in [2.75, 3.05) is 11.9 Å². The molecule has 4 heterocycles. The van der Waals surface area contributed by atoms with Crippen LogP contribution in [0.25, 0.3) is 0 Å². The number of anilines is 1. The summed E-state index contributed by atoms with van der Waals surface area (Å²) in [7, 11) is 0. The van der Waals surface area contributed by atoms with Crippen molar-refractivity contribution in [3.05, 3.63) is 63.1 Å². The fourth-order valence-corrected chi connectivity index (χ4v) is 5.15. The summed E-state index contributed by atoms with van der Waals surface area (Å²) in [6.45, 7) is 2.68. The van der Waals surface area contributed by atoms with Gasteiger partial charge in [-0.3, -0.25) is 9.59 Å². The summed E-state index contributed by atoms with van der Waals surface area (Å²) in [4.78, 5) is 29.1. The summed E-state index contributed by atoms with van der Waals surface area (Å²) in [6, 6.07) is 9.40. The molecule has 5 nitrogen and oxygen atoms in total. The van der Waals surface area contributed by atoms with Crippen molar-refractivity contribution in [3.8, 4) is 0 Å². The van der Waals surface area contributed by atoms with Crippen molar-refractivity contribution in [1.29, 1.82) is 0 Å². The first kappa shape index (κ1) is 17.1. The van der Waals surface area contributed by atoms with Crippen LogP contribution in [0.2, 0.25) is 0 Å². The zero-order chi connectivity index (χ0) is 18.1. The van der Waals surface area contributed by atoms with Gasteiger partial charge in [0.2, 0.25) is 0 Å². The van der Waals surface area contributed by atoms with Gasteiger partial charge in [-0.15, -0.1) is 22.7 Å². The number of hydrogen-bond donors (Lipinski definition) is 1. The van der Waals surface area contributed by atoms with E-state index < -0.39 is 0 Å². The Balaban J connectivity index is 1.53. The first-order valence-corrected chi connectivity index (χ1v) is 10.1. The van der Waals surface area contributed by atoms with Gasteiger partial charge in [-0.1, -0.05) is 6.07 Å². The summed E-state index contributed by atoms with van der Waals surface area (Å²) in [5.41, 5.74) is 0.881. The minimum absolute atomic E-state index is 0.0434. The maximum Gasteiger partial charge on any atom is 0.291 e. The van der Waals surface area contributed by atoms with Gasteiger partial charge in [0.25, 0.3) is 11.8 Å². The van der Waals surface area contributed by atoms with Gasteiger partial charge in [-0.2, -0.15) is 0 Å². The molecule has 0 radical (unpaired) electrons. The molecule has 3 aromatic rings. The van der Waals surface area contributed by atoms with Crippen LogP contribution in [-0.2, 0) is 0 Å². The minimum Gasteiger partial charge on any atom is -0.459 e. The molecule has 3 aromatic heterocycles. The molecule has 1 aliphatic heterocycles. The lowest BCUT2D eigenvalue weighted by molar-refractivity contribution is 0.0742. The van der Waals surface area contributed by atoms with Crippen LogP contribution >= 0.6 is 22.7 Å². The molecule has 1 unspecified atom stereocenters. The lowest BCUT2D eigenvalue weighted by Gasteiger charge is -2.23. The van der Waals surface area contributed by atoms with Crippen molar-refractivity contribution < 1.29 is 14.0 Å². The van der Waals surface area contributed by atoms with Crippen LogP contribution in [-0.4, -0.2) is 23.3 Å². The molecule has 0 aliphatic carbocycles. The SMILES string of the molecule is Cc1cc(NC(=O)c2ccco2)sc1C(=O)N1CCCC1c1cccs1. The van der Waals surface area contributed by atoms with E-state index in [-0.39, 0.29) is 23.6 Å². The standard InChI is InChI=1S/C19H18N2O3S2/c1-12-11-16(20-18(22)14-6-3-9-24-14)26-17(12)19(23)21-8-2-5-13(21)15-7-4-10-25-15/h3-4,6-7,9-11,13H,2,5,8H2,1H3,(H,20,22). The van der Waals surface area contributed by atoms with Gasteiger partial charge >= 0.3 is 0 Å². The van der Waals surface area contributed by atoms with Gasteiger partial charge in [-0.05, 0) is 55.0 Å². The number of likely N-dealkylation sites (tertiary alicyclic amines) is 1. The van der Waals surface area contributed by atoms with Gasteiger partial charge in [0.1, 0.15) is 0 Å². The Morgan fingerprint density at radius 2 is 2.19 bits per heavy atom. The van der Waals surface area contributed by atoms with Crippen LogP contribution in [0.4, 0.5) is 5.00 Å². The van der Waals surface area contributed by atoms with Crippen molar-refractivity contribution in [1.82, 2.24) is 4.90 Å². The fourth-order valence-electron chi connectivity index (χ4n) is 3.25. The molecule has 1 saturated heterocycles. The summed E-state index contributed by atoms with van der Waals surface area (Å²) in [5, 5.41) is 5.51. The van der Waals surface area contributed by atoms with Crippen LogP contribution in [0.1, 0.15) is 49.6 Å². The second kappa shape index (κ2) is 7.09. The first-order chi connectivity index (χ1) is 12.6. The Kier molecular flexibility index (Phi) is 4.65. The van der Waals surface area contributed by atoms with Crippen molar-refractivity contribution in [2.45, 2.75) is 25.8 Å². The Labute approximate surface area is 159 Å². The molecule has 1 atom stereocenters. The lowest BCUT2D eigenvalue weighted by atomic mass is 10.2. The predicted molar refractivity (Wildman–Crippen MR) is 103 cm³/mol. The number of nitrogens with one attached hydrogen (secondary N) is 1. The molecule has 26 heavy (non-hydrogen) atoms. The Morgan fingerprint density at radius 1 is 1.31 bits per heavy atom. The largest absolute Gasteiger partial charge is 0.459 e. The average Bonchev–Trinajstić information content (AvgIpc) is 3.40. The van der Waals surface area contributed by atoms with Crippen LogP contribution in [0.3, 0.4) is 0 Å². The first-order valence-electron chi connectivity index (χ1n) is 8.43. The van der Waals surface area contributed by atoms with Gasteiger partial charge in [0.15, 0.2) is 5.76 Å². The number of furan rings is 1. The molecule has 7 heteroatoms. The van der Waals surface area contributed by atoms with Crippen LogP contribution < -0.4 is 5.32 Å². The van der Waals surface area contributed by atoms with E-state index in [0.717, 1.165) is 24.9 Å². The fraction of sp³-hybridized carbons (Fsp3) is 0.263. The Morgan fingerprint density at radius 3 is 2.92 bits per heavy atom. The highest BCUT2D eigenvalue weighted by molar-refractivity contribution is 7.18. The van der Waals surface area contributed by atoms with Crippen LogP contribution in [0.5, 0.6) is 0 Å². The molecule has 0 saturated carbocycles. The number of thiophene rings is 2. The third-order valence-electron chi connectivity index (χ3n) is 4.48. The van der Waals surface area contributed by atoms with Gasteiger partial charge in [0.05, 0.1) is 22.2 Å². The molecule has 134 valence electrons. The van der Waals surface area contributed by atoms with E-state index in [9.17, 15) is 9.59 Å². The number of amides is 2. The van der Waals surface area contributed by atoms with E-state index in [1.807, 2.05) is 24.0 Å². The maximum atomic E-state index is 13.1. The van der Waals surface area contributed by atoms with E-state index in [1.165, 1.54) is 22.5 Å². The van der Waals surface area contributed by atoms with Crippen LogP contribution in [0, 0.1) is 6.92 Å². The minimum atomic E-state index is -0.312.